The Bertz CT molecular complexity index is 544. The molecular formula is C15H19N3O. The highest BCUT2D eigenvalue weighted by Gasteiger charge is 2.18. The smallest absolute Gasteiger partial charge is 0.227 e. The lowest BCUT2D eigenvalue weighted by molar-refractivity contribution is 0.305. The van der Waals surface area contributed by atoms with Crippen LogP contribution in [0, 0.1) is 5.92 Å². The molecule has 0 atom stereocenters. The highest BCUT2D eigenvalue weighted by atomic mass is 16.5. The van der Waals surface area contributed by atoms with Gasteiger partial charge in [0.1, 0.15) is 0 Å². The van der Waals surface area contributed by atoms with Crippen LogP contribution in [0.4, 0.5) is 5.69 Å². The molecular weight excluding hydrogens is 238 g/mol. The largest absolute Gasteiger partial charge is 0.398 e. The van der Waals surface area contributed by atoms with Crippen LogP contribution in [-0.4, -0.2) is 10.1 Å². The van der Waals surface area contributed by atoms with Crippen molar-refractivity contribution in [3.05, 3.63) is 30.2 Å². The number of nitrogens with zero attached hydrogens (tertiary/aromatic N) is 2. The van der Waals surface area contributed by atoms with Crippen LogP contribution in [0.3, 0.4) is 0 Å². The topological polar surface area (TPSA) is 64.9 Å². The summed E-state index contributed by atoms with van der Waals surface area (Å²) in [5.41, 5.74) is 7.46. The van der Waals surface area contributed by atoms with E-state index in [1.165, 1.54) is 32.1 Å². The number of rotatable bonds is 3. The number of benzene rings is 1. The third kappa shape index (κ3) is 2.78. The lowest BCUT2D eigenvalue weighted by atomic mass is 9.87. The van der Waals surface area contributed by atoms with Crippen molar-refractivity contribution in [2.24, 2.45) is 5.92 Å². The minimum absolute atomic E-state index is 0.601. The zero-order valence-corrected chi connectivity index (χ0v) is 11.0. The SMILES string of the molecule is Nc1ccccc1-c1noc(CC2CCCCC2)n1. The second kappa shape index (κ2) is 5.43. The molecule has 100 valence electrons. The van der Waals surface area contributed by atoms with Gasteiger partial charge < -0.3 is 10.3 Å². The van der Waals surface area contributed by atoms with Gasteiger partial charge in [-0.2, -0.15) is 4.98 Å². The molecule has 2 aromatic rings. The number of nitrogen functional groups attached to an aromatic ring is 1. The second-order valence-electron chi connectivity index (χ2n) is 5.31. The van der Waals surface area contributed by atoms with Gasteiger partial charge in [0.2, 0.25) is 11.7 Å². The van der Waals surface area contributed by atoms with Gasteiger partial charge in [0.15, 0.2) is 0 Å². The molecule has 19 heavy (non-hydrogen) atoms. The summed E-state index contributed by atoms with van der Waals surface area (Å²) in [7, 11) is 0. The molecule has 1 saturated carbocycles. The number of hydrogen-bond donors (Lipinski definition) is 1. The Morgan fingerprint density at radius 2 is 1.95 bits per heavy atom. The standard InChI is InChI=1S/C15H19N3O/c16-13-9-5-4-8-12(13)15-17-14(19-18-15)10-11-6-2-1-3-7-11/h4-5,8-9,11H,1-3,6-7,10,16H2. The van der Waals surface area contributed by atoms with Crippen molar-refractivity contribution in [2.45, 2.75) is 38.5 Å². The van der Waals surface area contributed by atoms with Gasteiger partial charge in [-0.1, -0.05) is 36.6 Å². The zero-order valence-electron chi connectivity index (χ0n) is 11.0. The Labute approximate surface area is 113 Å². The Morgan fingerprint density at radius 1 is 1.16 bits per heavy atom. The van der Waals surface area contributed by atoms with Crippen LogP contribution in [0.1, 0.15) is 38.0 Å². The molecule has 3 rings (SSSR count). The van der Waals surface area contributed by atoms with Crippen LogP contribution in [0.2, 0.25) is 0 Å². The first kappa shape index (κ1) is 12.2. The van der Waals surface area contributed by atoms with Crippen LogP contribution in [0.5, 0.6) is 0 Å². The van der Waals surface area contributed by atoms with E-state index in [2.05, 4.69) is 10.1 Å². The first-order valence-corrected chi connectivity index (χ1v) is 7.00. The van der Waals surface area contributed by atoms with Gasteiger partial charge in [0.25, 0.3) is 0 Å². The quantitative estimate of drug-likeness (QED) is 0.855. The molecule has 0 aliphatic heterocycles. The molecule has 1 fully saturated rings. The molecule has 4 heteroatoms. The van der Waals surface area contributed by atoms with E-state index in [1.807, 2.05) is 24.3 Å². The summed E-state index contributed by atoms with van der Waals surface area (Å²) >= 11 is 0. The van der Waals surface area contributed by atoms with E-state index in [-0.39, 0.29) is 0 Å². The Hall–Kier alpha value is -1.84. The van der Waals surface area contributed by atoms with Gasteiger partial charge in [-0.3, -0.25) is 0 Å². The average Bonchev–Trinajstić information content (AvgIpc) is 2.89. The van der Waals surface area contributed by atoms with E-state index in [0.29, 0.717) is 17.4 Å². The second-order valence-corrected chi connectivity index (χ2v) is 5.31. The van der Waals surface area contributed by atoms with E-state index < -0.39 is 0 Å². The van der Waals surface area contributed by atoms with E-state index in [4.69, 9.17) is 10.3 Å². The molecule has 2 N–H and O–H groups in total. The van der Waals surface area contributed by atoms with Gasteiger partial charge in [-0.25, -0.2) is 0 Å². The maximum atomic E-state index is 5.92. The third-order valence-electron chi connectivity index (χ3n) is 3.86. The van der Waals surface area contributed by atoms with Crippen molar-refractivity contribution in [1.29, 1.82) is 0 Å². The Balaban J connectivity index is 1.74. The third-order valence-corrected chi connectivity index (χ3v) is 3.86. The number of para-hydroxylation sites is 1. The lowest BCUT2D eigenvalue weighted by Gasteiger charge is -2.19. The average molecular weight is 257 g/mol. The molecule has 1 aliphatic carbocycles. The molecule has 1 heterocycles. The fourth-order valence-electron chi connectivity index (χ4n) is 2.79. The van der Waals surface area contributed by atoms with E-state index in [9.17, 15) is 0 Å². The van der Waals surface area contributed by atoms with Crippen molar-refractivity contribution >= 4 is 5.69 Å². The summed E-state index contributed by atoms with van der Waals surface area (Å²) in [5, 5.41) is 4.05. The maximum Gasteiger partial charge on any atom is 0.227 e. The Kier molecular flexibility index (Phi) is 3.49. The summed E-state index contributed by atoms with van der Waals surface area (Å²) in [4.78, 5) is 4.48. The first-order valence-electron chi connectivity index (χ1n) is 7.00. The number of nitrogens with two attached hydrogens (primary N) is 1. The summed E-state index contributed by atoms with van der Waals surface area (Å²) in [5.74, 6) is 2.05. The predicted molar refractivity (Wildman–Crippen MR) is 74.4 cm³/mol. The summed E-state index contributed by atoms with van der Waals surface area (Å²) < 4.78 is 5.36. The lowest BCUT2D eigenvalue weighted by Crippen LogP contribution is -2.09. The van der Waals surface area contributed by atoms with Gasteiger partial charge in [-0.05, 0) is 30.9 Å². The van der Waals surface area contributed by atoms with Crippen LogP contribution in [-0.2, 0) is 6.42 Å². The highest BCUT2D eigenvalue weighted by Crippen LogP contribution is 2.28. The number of hydrogen-bond acceptors (Lipinski definition) is 4. The molecule has 1 aliphatic rings. The van der Waals surface area contributed by atoms with E-state index >= 15 is 0 Å². The van der Waals surface area contributed by atoms with Crippen molar-refractivity contribution in [1.82, 2.24) is 10.1 Å². The molecule has 1 aromatic heterocycles. The summed E-state index contributed by atoms with van der Waals surface area (Å²) in [6.07, 6.45) is 7.50. The van der Waals surface area contributed by atoms with E-state index in [0.717, 1.165) is 17.9 Å². The van der Waals surface area contributed by atoms with Gasteiger partial charge >= 0.3 is 0 Å². The van der Waals surface area contributed by atoms with Crippen molar-refractivity contribution < 1.29 is 4.52 Å². The first-order chi connectivity index (χ1) is 9.33. The van der Waals surface area contributed by atoms with Gasteiger partial charge in [0, 0.05) is 17.7 Å². The van der Waals surface area contributed by atoms with Gasteiger partial charge in [0.05, 0.1) is 0 Å². The van der Waals surface area contributed by atoms with Crippen LogP contribution in [0.15, 0.2) is 28.8 Å². The monoisotopic (exact) mass is 257 g/mol. The van der Waals surface area contributed by atoms with Crippen molar-refractivity contribution in [2.75, 3.05) is 5.73 Å². The highest BCUT2D eigenvalue weighted by molar-refractivity contribution is 5.70. The molecule has 1 aromatic carbocycles. The molecule has 0 saturated heterocycles. The molecule has 0 bridgehead atoms. The van der Waals surface area contributed by atoms with Crippen molar-refractivity contribution in [3.63, 3.8) is 0 Å². The predicted octanol–water partition coefficient (Wildman–Crippen LogP) is 3.44. The molecule has 0 radical (unpaired) electrons. The van der Waals surface area contributed by atoms with Crippen LogP contribution < -0.4 is 5.73 Å². The molecule has 0 spiro atoms. The van der Waals surface area contributed by atoms with Crippen molar-refractivity contribution in [3.8, 4) is 11.4 Å². The van der Waals surface area contributed by atoms with Gasteiger partial charge in [-0.15, -0.1) is 0 Å². The number of anilines is 1. The minimum Gasteiger partial charge on any atom is -0.398 e. The maximum absolute atomic E-state index is 5.92. The fourth-order valence-corrected chi connectivity index (χ4v) is 2.79. The van der Waals surface area contributed by atoms with Crippen LogP contribution >= 0.6 is 0 Å². The molecule has 0 unspecified atom stereocenters. The summed E-state index contributed by atoms with van der Waals surface area (Å²) in [6.45, 7) is 0. The van der Waals surface area contributed by atoms with E-state index in [1.54, 1.807) is 0 Å². The summed E-state index contributed by atoms with van der Waals surface area (Å²) in [6, 6.07) is 7.61. The Morgan fingerprint density at radius 3 is 2.74 bits per heavy atom. The molecule has 0 amide bonds. The minimum atomic E-state index is 0.601. The molecule has 4 nitrogen and oxygen atoms in total. The fraction of sp³-hybridized carbons (Fsp3) is 0.467. The normalized spacial score (nSPS) is 16.6. The number of aromatic nitrogens is 2. The zero-order chi connectivity index (χ0) is 13.1. The van der Waals surface area contributed by atoms with Crippen LogP contribution in [0.25, 0.3) is 11.4 Å².